The molecule has 1 amide bonds. The molecule has 140 valence electrons. The van der Waals surface area contributed by atoms with E-state index >= 15 is 0 Å². The highest BCUT2D eigenvalue weighted by molar-refractivity contribution is 7.92. The highest BCUT2D eigenvalue weighted by Gasteiger charge is 2.25. The van der Waals surface area contributed by atoms with Crippen molar-refractivity contribution in [2.24, 2.45) is 0 Å². The predicted octanol–water partition coefficient (Wildman–Crippen LogP) is 1.92. The Morgan fingerprint density at radius 2 is 1.88 bits per heavy atom. The number of amides is 1. The summed E-state index contributed by atoms with van der Waals surface area (Å²) in [5.74, 6) is 0.561. The molecule has 8 heteroatoms. The van der Waals surface area contributed by atoms with E-state index in [1.54, 1.807) is 18.2 Å². The number of ether oxygens (including phenoxy) is 2. The fourth-order valence-electron chi connectivity index (χ4n) is 3.02. The number of anilines is 1. The minimum Gasteiger partial charge on any atom is -0.497 e. The van der Waals surface area contributed by atoms with Crippen molar-refractivity contribution in [1.82, 2.24) is 5.32 Å². The van der Waals surface area contributed by atoms with Crippen LogP contribution in [0.5, 0.6) is 11.5 Å². The molecule has 1 aromatic rings. The number of hydrogen-bond donors (Lipinski definition) is 1. The Labute approximate surface area is 149 Å². The Morgan fingerprint density at radius 1 is 1.20 bits per heavy atom. The maximum absolute atomic E-state index is 12.4. The molecule has 1 saturated carbocycles. The summed E-state index contributed by atoms with van der Waals surface area (Å²) < 4.78 is 36.0. The van der Waals surface area contributed by atoms with Crippen LogP contribution < -0.4 is 19.1 Å². The molecule has 0 spiro atoms. The Morgan fingerprint density at radius 3 is 2.44 bits per heavy atom. The van der Waals surface area contributed by atoms with Crippen molar-refractivity contribution in [3.63, 3.8) is 0 Å². The molecule has 0 radical (unpaired) electrons. The largest absolute Gasteiger partial charge is 0.497 e. The number of nitrogens with zero attached hydrogens (tertiary/aromatic N) is 1. The van der Waals surface area contributed by atoms with Crippen LogP contribution in [0.3, 0.4) is 0 Å². The highest BCUT2D eigenvalue weighted by atomic mass is 32.2. The maximum Gasteiger partial charge on any atom is 0.240 e. The summed E-state index contributed by atoms with van der Waals surface area (Å²) in [5, 5.41) is 2.94. The summed E-state index contributed by atoms with van der Waals surface area (Å²) in [6, 6.07) is 4.93. The second-order valence-electron chi connectivity index (χ2n) is 6.21. The van der Waals surface area contributed by atoms with Crippen LogP contribution in [0, 0.1) is 0 Å². The standard InChI is InChI=1S/C17H26N2O5S/c1-23-14-9-10-15(16(11-14)24-2)19(25(3,21)22)12-17(20)18-13-7-5-4-6-8-13/h9-11,13H,4-8,12H2,1-3H3,(H,18,20). The summed E-state index contributed by atoms with van der Waals surface area (Å²) >= 11 is 0. The van der Waals surface area contributed by atoms with Gasteiger partial charge in [-0.25, -0.2) is 8.42 Å². The van der Waals surface area contributed by atoms with E-state index in [1.807, 2.05) is 0 Å². The number of carbonyl (C=O) groups excluding carboxylic acids is 1. The summed E-state index contributed by atoms with van der Waals surface area (Å²) in [4.78, 5) is 12.4. The lowest BCUT2D eigenvalue weighted by Crippen LogP contribution is -2.44. The zero-order valence-electron chi connectivity index (χ0n) is 14.9. The summed E-state index contributed by atoms with van der Waals surface area (Å²) in [6.07, 6.45) is 6.32. The van der Waals surface area contributed by atoms with Gasteiger partial charge in [-0.3, -0.25) is 9.10 Å². The van der Waals surface area contributed by atoms with Gasteiger partial charge in [0, 0.05) is 12.1 Å². The van der Waals surface area contributed by atoms with Gasteiger partial charge in [-0.05, 0) is 25.0 Å². The molecule has 0 aromatic heterocycles. The lowest BCUT2D eigenvalue weighted by molar-refractivity contribution is -0.120. The SMILES string of the molecule is COc1ccc(N(CC(=O)NC2CCCCC2)S(C)(=O)=O)c(OC)c1. The van der Waals surface area contributed by atoms with Gasteiger partial charge in [-0.1, -0.05) is 19.3 Å². The van der Waals surface area contributed by atoms with Gasteiger partial charge >= 0.3 is 0 Å². The number of nitrogens with one attached hydrogen (secondary N) is 1. The second-order valence-corrected chi connectivity index (χ2v) is 8.12. The number of sulfonamides is 1. The Kier molecular flexibility index (Phi) is 6.52. The maximum atomic E-state index is 12.4. The number of hydrogen-bond acceptors (Lipinski definition) is 5. The quantitative estimate of drug-likeness (QED) is 0.793. The average molecular weight is 370 g/mol. The fraction of sp³-hybridized carbons (Fsp3) is 0.588. The van der Waals surface area contributed by atoms with Gasteiger partial charge in [-0.2, -0.15) is 0 Å². The van der Waals surface area contributed by atoms with Crippen molar-refractivity contribution >= 4 is 21.6 Å². The highest BCUT2D eigenvalue weighted by Crippen LogP contribution is 2.33. The number of carbonyl (C=O) groups is 1. The van der Waals surface area contributed by atoms with Crippen LogP contribution in [0.4, 0.5) is 5.69 Å². The lowest BCUT2D eigenvalue weighted by Gasteiger charge is -2.27. The number of benzene rings is 1. The van der Waals surface area contributed by atoms with Crippen molar-refractivity contribution < 1.29 is 22.7 Å². The van der Waals surface area contributed by atoms with Crippen molar-refractivity contribution in [3.05, 3.63) is 18.2 Å². The van der Waals surface area contributed by atoms with E-state index in [-0.39, 0.29) is 18.5 Å². The predicted molar refractivity (Wildman–Crippen MR) is 96.8 cm³/mol. The van der Waals surface area contributed by atoms with Crippen LogP contribution in [-0.2, 0) is 14.8 Å². The zero-order valence-corrected chi connectivity index (χ0v) is 15.8. The van der Waals surface area contributed by atoms with E-state index in [1.165, 1.54) is 20.6 Å². The zero-order chi connectivity index (χ0) is 18.4. The summed E-state index contributed by atoms with van der Waals surface area (Å²) in [5.41, 5.74) is 0.310. The molecule has 0 heterocycles. The van der Waals surface area contributed by atoms with Crippen LogP contribution in [0.25, 0.3) is 0 Å². The van der Waals surface area contributed by atoms with E-state index < -0.39 is 10.0 Å². The van der Waals surface area contributed by atoms with Crippen molar-refractivity contribution in [2.75, 3.05) is 31.3 Å². The van der Waals surface area contributed by atoms with Gasteiger partial charge in [0.15, 0.2) is 0 Å². The molecule has 0 saturated heterocycles. The average Bonchev–Trinajstić information content (AvgIpc) is 2.59. The first kappa shape index (κ1) is 19.4. The molecule has 0 unspecified atom stereocenters. The molecule has 1 fully saturated rings. The fourth-order valence-corrected chi connectivity index (χ4v) is 3.88. The number of methoxy groups -OCH3 is 2. The van der Waals surface area contributed by atoms with Gasteiger partial charge in [0.05, 0.1) is 26.2 Å². The van der Waals surface area contributed by atoms with E-state index in [0.717, 1.165) is 36.2 Å². The van der Waals surface area contributed by atoms with Gasteiger partial charge in [0.2, 0.25) is 15.9 Å². The van der Waals surface area contributed by atoms with Gasteiger partial charge < -0.3 is 14.8 Å². The first-order valence-electron chi connectivity index (χ1n) is 8.34. The minimum atomic E-state index is -3.65. The monoisotopic (exact) mass is 370 g/mol. The Bertz CT molecular complexity index is 699. The Hall–Kier alpha value is -1.96. The van der Waals surface area contributed by atoms with Crippen molar-refractivity contribution in [1.29, 1.82) is 0 Å². The molecule has 0 atom stereocenters. The topological polar surface area (TPSA) is 84.9 Å². The lowest BCUT2D eigenvalue weighted by atomic mass is 9.95. The van der Waals surface area contributed by atoms with Crippen LogP contribution in [0.2, 0.25) is 0 Å². The normalized spacial score (nSPS) is 15.5. The molecule has 1 aromatic carbocycles. The van der Waals surface area contributed by atoms with Gasteiger partial charge in [-0.15, -0.1) is 0 Å². The molecular formula is C17H26N2O5S. The van der Waals surface area contributed by atoms with E-state index in [2.05, 4.69) is 5.32 Å². The second kappa shape index (κ2) is 8.42. The van der Waals surface area contributed by atoms with E-state index in [9.17, 15) is 13.2 Å². The smallest absolute Gasteiger partial charge is 0.240 e. The minimum absolute atomic E-state index is 0.125. The van der Waals surface area contributed by atoms with Crippen LogP contribution in [-0.4, -0.2) is 47.4 Å². The van der Waals surface area contributed by atoms with E-state index in [0.29, 0.717) is 17.2 Å². The number of rotatable bonds is 7. The summed E-state index contributed by atoms with van der Waals surface area (Å²) in [6.45, 7) is -0.280. The third-order valence-electron chi connectivity index (χ3n) is 4.31. The molecule has 1 aliphatic carbocycles. The van der Waals surface area contributed by atoms with Crippen LogP contribution in [0.15, 0.2) is 18.2 Å². The Balaban J connectivity index is 2.20. The van der Waals surface area contributed by atoms with Crippen molar-refractivity contribution in [3.8, 4) is 11.5 Å². The molecule has 1 aliphatic rings. The van der Waals surface area contributed by atoms with Crippen LogP contribution >= 0.6 is 0 Å². The molecule has 2 rings (SSSR count). The van der Waals surface area contributed by atoms with E-state index in [4.69, 9.17) is 9.47 Å². The van der Waals surface area contributed by atoms with Crippen molar-refractivity contribution in [2.45, 2.75) is 38.1 Å². The molecule has 25 heavy (non-hydrogen) atoms. The molecule has 0 aliphatic heterocycles. The third kappa shape index (κ3) is 5.26. The summed E-state index contributed by atoms with van der Waals surface area (Å²) in [7, 11) is -0.695. The molecular weight excluding hydrogens is 344 g/mol. The third-order valence-corrected chi connectivity index (χ3v) is 5.44. The molecule has 7 nitrogen and oxygen atoms in total. The first-order chi connectivity index (χ1) is 11.8. The van der Waals surface area contributed by atoms with Crippen LogP contribution in [0.1, 0.15) is 32.1 Å². The van der Waals surface area contributed by atoms with Gasteiger partial charge in [0.1, 0.15) is 18.0 Å². The van der Waals surface area contributed by atoms with Gasteiger partial charge in [0.25, 0.3) is 0 Å². The first-order valence-corrected chi connectivity index (χ1v) is 10.2. The molecule has 0 bridgehead atoms. The molecule has 1 N–H and O–H groups in total.